The second kappa shape index (κ2) is 6.73. The van der Waals surface area contributed by atoms with Crippen LogP contribution >= 0.6 is 38.5 Å². The van der Waals surface area contributed by atoms with Crippen LogP contribution in [0.15, 0.2) is 22.7 Å². The molecule has 0 bridgehead atoms. The zero-order valence-corrected chi connectivity index (χ0v) is 14.1. The molecule has 0 aromatic heterocycles. The highest BCUT2D eigenvalue weighted by Gasteiger charge is 2.16. The normalized spacial score (nSPS) is 12.3. The van der Waals surface area contributed by atoms with E-state index in [9.17, 15) is 4.79 Å². The van der Waals surface area contributed by atoms with Crippen molar-refractivity contribution in [3.8, 4) is 0 Å². The predicted octanol–water partition coefficient (Wildman–Crippen LogP) is 4.17. The summed E-state index contributed by atoms with van der Waals surface area (Å²) < 4.78 is 1.94. The van der Waals surface area contributed by atoms with Crippen LogP contribution in [0.3, 0.4) is 0 Å². The molecular weight excluding hydrogens is 393 g/mol. The van der Waals surface area contributed by atoms with Crippen molar-refractivity contribution in [2.24, 2.45) is 5.92 Å². The minimum atomic E-state index is 0.0793. The number of carbonyl (C=O) groups excluding carboxylic acids is 1. The molecule has 1 amide bonds. The number of halogens is 2. The van der Waals surface area contributed by atoms with Crippen LogP contribution in [-0.4, -0.2) is 24.4 Å². The first-order valence-corrected chi connectivity index (χ1v) is 7.53. The van der Waals surface area contributed by atoms with Crippen LogP contribution < -0.4 is 0 Å². The first-order valence-electron chi connectivity index (χ1n) is 5.66. The molecule has 1 unspecified atom stereocenters. The maximum Gasteiger partial charge on any atom is 0.254 e. The molecule has 0 saturated heterocycles. The summed E-state index contributed by atoms with van der Waals surface area (Å²) in [5.74, 6) is 0.612. The third-order valence-electron chi connectivity index (χ3n) is 2.79. The molecule has 0 fully saturated rings. The van der Waals surface area contributed by atoms with Crippen LogP contribution in [0, 0.1) is 9.49 Å². The summed E-state index contributed by atoms with van der Waals surface area (Å²) in [6, 6.07) is 5.82. The molecule has 94 valence electrons. The monoisotopic (exact) mass is 409 g/mol. The summed E-state index contributed by atoms with van der Waals surface area (Å²) in [5, 5.41) is 0. The lowest BCUT2D eigenvalue weighted by molar-refractivity contribution is 0.0774. The zero-order valence-electron chi connectivity index (χ0n) is 10.3. The molecule has 0 saturated carbocycles. The Bertz CT molecular complexity index is 408. The van der Waals surface area contributed by atoms with Gasteiger partial charge in [0, 0.05) is 21.6 Å². The van der Waals surface area contributed by atoms with E-state index in [-0.39, 0.29) is 5.91 Å². The number of carbonyl (C=O) groups is 1. The van der Waals surface area contributed by atoms with Gasteiger partial charge < -0.3 is 4.90 Å². The minimum Gasteiger partial charge on any atom is -0.341 e. The average Bonchev–Trinajstić information content (AvgIpc) is 2.31. The first-order chi connectivity index (χ1) is 7.95. The highest BCUT2D eigenvalue weighted by atomic mass is 127. The molecule has 1 aromatic carbocycles. The Kier molecular flexibility index (Phi) is 5.92. The van der Waals surface area contributed by atoms with E-state index in [2.05, 4.69) is 52.4 Å². The third-order valence-corrected chi connectivity index (χ3v) is 4.15. The number of hydrogen-bond acceptors (Lipinski definition) is 1. The van der Waals surface area contributed by atoms with E-state index >= 15 is 0 Å². The highest BCUT2D eigenvalue weighted by molar-refractivity contribution is 14.1. The van der Waals surface area contributed by atoms with Crippen LogP contribution in [-0.2, 0) is 0 Å². The third kappa shape index (κ3) is 4.25. The summed E-state index contributed by atoms with van der Waals surface area (Å²) in [6.07, 6.45) is 1.09. The van der Waals surface area contributed by atoms with Gasteiger partial charge in [-0.15, -0.1) is 0 Å². The summed E-state index contributed by atoms with van der Waals surface area (Å²) in [4.78, 5) is 14.1. The molecule has 1 atom stereocenters. The first kappa shape index (κ1) is 15.0. The fourth-order valence-corrected chi connectivity index (χ4v) is 2.45. The lowest BCUT2D eigenvalue weighted by Crippen LogP contribution is -2.31. The standard InChI is InChI=1S/C13H17BrINO/c1-4-9(2)8-16(3)13(17)11-7-10(15)5-6-12(11)14/h5-7,9H,4,8H2,1-3H3. The summed E-state index contributed by atoms with van der Waals surface area (Å²) in [6.45, 7) is 5.10. The van der Waals surface area contributed by atoms with Gasteiger partial charge in [0.15, 0.2) is 0 Å². The van der Waals surface area contributed by atoms with Crippen LogP contribution in [0.4, 0.5) is 0 Å². The van der Waals surface area contributed by atoms with E-state index in [4.69, 9.17) is 0 Å². The van der Waals surface area contributed by atoms with Gasteiger partial charge in [0.1, 0.15) is 0 Å². The lowest BCUT2D eigenvalue weighted by atomic mass is 10.1. The maximum absolute atomic E-state index is 12.3. The fourth-order valence-electron chi connectivity index (χ4n) is 1.55. The predicted molar refractivity (Wildman–Crippen MR) is 83.3 cm³/mol. The summed E-state index contributed by atoms with van der Waals surface area (Å²) >= 11 is 5.65. The van der Waals surface area contributed by atoms with Gasteiger partial charge in [-0.1, -0.05) is 20.3 Å². The van der Waals surface area contributed by atoms with E-state index in [0.717, 1.165) is 26.6 Å². The largest absolute Gasteiger partial charge is 0.341 e. The van der Waals surface area contributed by atoms with Crippen molar-refractivity contribution < 1.29 is 4.79 Å². The summed E-state index contributed by atoms with van der Waals surface area (Å²) in [7, 11) is 1.86. The topological polar surface area (TPSA) is 20.3 Å². The van der Waals surface area contributed by atoms with Gasteiger partial charge in [-0.05, 0) is 62.6 Å². The molecule has 1 aromatic rings. The van der Waals surface area contributed by atoms with Gasteiger partial charge in [-0.2, -0.15) is 0 Å². The van der Waals surface area contributed by atoms with E-state index in [1.165, 1.54) is 0 Å². The second-order valence-corrected chi connectivity index (χ2v) is 6.42. The molecule has 0 aliphatic rings. The van der Waals surface area contributed by atoms with E-state index < -0.39 is 0 Å². The van der Waals surface area contributed by atoms with Crippen LogP contribution in [0.5, 0.6) is 0 Å². The molecule has 4 heteroatoms. The van der Waals surface area contributed by atoms with Gasteiger partial charge in [0.2, 0.25) is 0 Å². The van der Waals surface area contributed by atoms with Crippen LogP contribution in [0.1, 0.15) is 30.6 Å². The smallest absolute Gasteiger partial charge is 0.254 e. The van der Waals surface area contributed by atoms with Crippen molar-refractivity contribution in [1.29, 1.82) is 0 Å². The van der Waals surface area contributed by atoms with Crippen molar-refractivity contribution >= 4 is 44.4 Å². The SMILES string of the molecule is CCC(C)CN(C)C(=O)c1cc(I)ccc1Br. The van der Waals surface area contributed by atoms with Gasteiger partial charge in [0.25, 0.3) is 5.91 Å². The molecule has 0 aliphatic heterocycles. The number of benzene rings is 1. The quantitative estimate of drug-likeness (QED) is 0.683. The van der Waals surface area contributed by atoms with Crippen molar-refractivity contribution in [2.75, 3.05) is 13.6 Å². The molecule has 0 heterocycles. The number of amides is 1. The Morgan fingerprint density at radius 3 is 2.76 bits per heavy atom. The molecule has 0 spiro atoms. The average molecular weight is 410 g/mol. The van der Waals surface area contributed by atoms with Crippen molar-refractivity contribution in [3.63, 3.8) is 0 Å². The Morgan fingerprint density at radius 2 is 2.18 bits per heavy atom. The number of hydrogen-bond donors (Lipinski definition) is 0. The molecule has 2 nitrogen and oxygen atoms in total. The second-order valence-electron chi connectivity index (χ2n) is 4.32. The van der Waals surface area contributed by atoms with Gasteiger partial charge in [-0.3, -0.25) is 4.79 Å². The molecule has 0 radical (unpaired) electrons. The van der Waals surface area contributed by atoms with Crippen molar-refractivity contribution in [1.82, 2.24) is 4.90 Å². The van der Waals surface area contributed by atoms with Crippen LogP contribution in [0.2, 0.25) is 0 Å². The molecular formula is C13H17BrINO. The Morgan fingerprint density at radius 1 is 1.53 bits per heavy atom. The van der Waals surface area contributed by atoms with Crippen molar-refractivity contribution in [3.05, 3.63) is 31.8 Å². The molecule has 17 heavy (non-hydrogen) atoms. The van der Waals surface area contributed by atoms with Crippen molar-refractivity contribution in [2.45, 2.75) is 20.3 Å². The van der Waals surface area contributed by atoms with Gasteiger partial charge in [0.05, 0.1) is 5.56 Å². The van der Waals surface area contributed by atoms with E-state index in [1.54, 1.807) is 4.90 Å². The molecule has 0 aliphatic carbocycles. The molecule has 0 N–H and O–H groups in total. The Labute approximate surface area is 125 Å². The highest BCUT2D eigenvalue weighted by Crippen LogP contribution is 2.21. The van der Waals surface area contributed by atoms with Gasteiger partial charge >= 0.3 is 0 Å². The lowest BCUT2D eigenvalue weighted by Gasteiger charge is -2.21. The number of nitrogens with zero attached hydrogens (tertiary/aromatic N) is 1. The van der Waals surface area contributed by atoms with E-state index in [0.29, 0.717) is 5.92 Å². The fraction of sp³-hybridized carbons (Fsp3) is 0.462. The van der Waals surface area contributed by atoms with Gasteiger partial charge in [-0.25, -0.2) is 0 Å². The maximum atomic E-state index is 12.3. The Hall–Kier alpha value is -0.100. The Balaban J connectivity index is 2.85. The number of rotatable bonds is 4. The zero-order chi connectivity index (χ0) is 13.0. The van der Waals surface area contributed by atoms with Crippen LogP contribution in [0.25, 0.3) is 0 Å². The van der Waals surface area contributed by atoms with E-state index in [1.807, 2.05) is 25.2 Å². The molecule has 1 rings (SSSR count). The summed E-state index contributed by atoms with van der Waals surface area (Å²) in [5.41, 5.74) is 0.739. The minimum absolute atomic E-state index is 0.0793.